The minimum absolute atomic E-state index is 0.0747. The molecule has 1 saturated carbocycles. The van der Waals surface area contributed by atoms with Crippen LogP contribution in [0.25, 0.3) is 10.2 Å². The van der Waals surface area contributed by atoms with E-state index >= 15 is 0 Å². The van der Waals surface area contributed by atoms with Crippen molar-refractivity contribution in [3.05, 3.63) is 53.9 Å². The zero-order valence-electron chi connectivity index (χ0n) is 21.3. The first kappa shape index (κ1) is 25.4. The van der Waals surface area contributed by atoms with Crippen molar-refractivity contribution < 1.29 is 9.59 Å². The van der Waals surface area contributed by atoms with Gasteiger partial charge in [0, 0.05) is 49.9 Å². The fraction of sp³-hybridized carbons (Fsp3) is 0.429. The lowest BCUT2D eigenvalue weighted by Gasteiger charge is -2.32. The summed E-state index contributed by atoms with van der Waals surface area (Å²) in [4.78, 5) is 38.2. The highest BCUT2D eigenvalue weighted by Gasteiger charge is 2.24. The zero-order chi connectivity index (χ0) is 25.8. The second-order valence-corrected chi connectivity index (χ2v) is 11.0. The van der Waals surface area contributed by atoms with Crippen LogP contribution in [0.1, 0.15) is 42.5 Å². The number of aromatic nitrogens is 2. The number of benzene rings is 1. The highest BCUT2D eigenvalue weighted by molar-refractivity contribution is 7.17. The molecule has 3 aromatic rings. The van der Waals surface area contributed by atoms with Crippen LogP contribution < -0.4 is 10.6 Å². The summed E-state index contributed by atoms with van der Waals surface area (Å²) < 4.78 is 1.04. The van der Waals surface area contributed by atoms with Gasteiger partial charge in [0.1, 0.15) is 5.82 Å². The summed E-state index contributed by atoms with van der Waals surface area (Å²) in [5.74, 6) is 2.02. The summed E-state index contributed by atoms with van der Waals surface area (Å²) >= 11 is 1.63. The second-order valence-electron chi connectivity index (χ2n) is 10.1. The number of likely N-dealkylation sites (N-methyl/N-ethyl adjacent to an activating group) is 1. The largest absolute Gasteiger partial charge is 0.366 e. The van der Waals surface area contributed by atoms with Crippen LogP contribution in [0.3, 0.4) is 0 Å². The summed E-state index contributed by atoms with van der Waals surface area (Å²) in [7, 11) is 2.08. The molecule has 0 bridgehead atoms. The molecule has 0 spiro atoms. The first-order chi connectivity index (χ1) is 18.0. The Labute approximate surface area is 221 Å². The summed E-state index contributed by atoms with van der Waals surface area (Å²) in [5, 5.41) is 8.99. The quantitative estimate of drug-likeness (QED) is 0.408. The molecule has 1 amide bonds. The number of carbonyl (C=O) groups is 2. The third kappa shape index (κ3) is 6.17. The molecule has 0 atom stereocenters. The van der Waals surface area contributed by atoms with Crippen molar-refractivity contribution >= 4 is 50.7 Å². The van der Waals surface area contributed by atoms with Crippen LogP contribution in [0, 0.1) is 5.92 Å². The van der Waals surface area contributed by atoms with Gasteiger partial charge in [0.2, 0.25) is 5.95 Å². The molecule has 1 aliphatic heterocycles. The molecule has 3 heterocycles. The van der Waals surface area contributed by atoms with E-state index in [4.69, 9.17) is 9.97 Å². The number of hydrogen-bond donors (Lipinski definition) is 2. The summed E-state index contributed by atoms with van der Waals surface area (Å²) in [5.41, 5.74) is 2.43. The molecule has 2 aromatic heterocycles. The zero-order valence-corrected chi connectivity index (χ0v) is 22.1. The molecule has 1 saturated heterocycles. The Balaban J connectivity index is 1.24. The number of amides is 1. The van der Waals surface area contributed by atoms with Crippen molar-refractivity contribution in [1.82, 2.24) is 19.8 Å². The first-order valence-electron chi connectivity index (χ1n) is 13.0. The van der Waals surface area contributed by atoms with E-state index in [-0.39, 0.29) is 11.7 Å². The van der Waals surface area contributed by atoms with Crippen LogP contribution in [0.4, 0.5) is 17.5 Å². The number of rotatable bonds is 8. The normalized spacial score (nSPS) is 20.5. The number of thiophene rings is 1. The second kappa shape index (κ2) is 11.4. The van der Waals surface area contributed by atoms with Crippen molar-refractivity contribution in [3.63, 3.8) is 0 Å². The fourth-order valence-electron chi connectivity index (χ4n) is 5.11. The van der Waals surface area contributed by atoms with E-state index in [9.17, 15) is 9.59 Å². The van der Waals surface area contributed by atoms with Gasteiger partial charge in [0.25, 0.3) is 5.91 Å². The number of hydrogen-bond acceptors (Lipinski definition) is 8. The molecule has 1 aliphatic carbocycles. The molecule has 194 valence electrons. The molecule has 2 N–H and O–H groups in total. The van der Waals surface area contributed by atoms with Gasteiger partial charge in [-0.05, 0) is 80.4 Å². The van der Waals surface area contributed by atoms with Crippen LogP contribution in [-0.2, 0) is 4.79 Å². The minimum Gasteiger partial charge on any atom is -0.366 e. The Morgan fingerprint density at radius 1 is 1.05 bits per heavy atom. The standard InChI is InChI=1S/C28H34N6O2S/c1-3-23(35)18-19-4-8-21(9-5-19)29-26-25-24(12-17-37-25)31-28(32-26)30-22-10-6-20(7-11-22)27(36)34-15-13-33(2)14-16-34/h3,6-7,10-12,17,19,21H,1,4-5,8-9,13-16,18H2,2H3,(H2,29,30,31,32). The van der Waals surface area contributed by atoms with Gasteiger partial charge >= 0.3 is 0 Å². The third-order valence-electron chi connectivity index (χ3n) is 7.39. The number of ketones is 1. The molecule has 0 radical (unpaired) electrons. The first-order valence-corrected chi connectivity index (χ1v) is 13.9. The molecule has 9 heteroatoms. The fourth-order valence-corrected chi connectivity index (χ4v) is 5.89. The van der Waals surface area contributed by atoms with Gasteiger partial charge in [-0.25, -0.2) is 4.98 Å². The van der Waals surface area contributed by atoms with E-state index < -0.39 is 0 Å². The molecular weight excluding hydrogens is 484 g/mol. The van der Waals surface area contributed by atoms with E-state index in [0.29, 0.717) is 29.9 Å². The molecule has 37 heavy (non-hydrogen) atoms. The number of nitrogens with zero attached hydrogens (tertiary/aromatic N) is 4. The maximum atomic E-state index is 12.8. The number of piperazine rings is 1. The van der Waals surface area contributed by atoms with Gasteiger partial charge in [-0.3, -0.25) is 9.59 Å². The Bertz CT molecular complexity index is 1260. The molecule has 1 aromatic carbocycles. The lowest BCUT2D eigenvalue weighted by atomic mass is 9.83. The molecule has 5 rings (SSSR count). The van der Waals surface area contributed by atoms with Crippen LogP contribution >= 0.6 is 11.3 Å². The average Bonchev–Trinajstić information content (AvgIpc) is 3.39. The Morgan fingerprint density at radius 2 is 1.78 bits per heavy atom. The van der Waals surface area contributed by atoms with Gasteiger partial charge in [0.15, 0.2) is 5.78 Å². The van der Waals surface area contributed by atoms with Crippen molar-refractivity contribution in [2.45, 2.75) is 38.1 Å². The van der Waals surface area contributed by atoms with Gasteiger partial charge in [0.05, 0.1) is 10.2 Å². The predicted molar refractivity (Wildman–Crippen MR) is 150 cm³/mol. The van der Waals surface area contributed by atoms with Gasteiger partial charge in [-0.2, -0.15) is 4.98 Å². The minimum atomic E-state index is 0.0747. The van der Waals surface area contributed by atoms with Crippen LogP contribution in [0.5, 0.6) is 0 Å². The lowest BCUT2D eigenvalue weighted by molar-refractivity contribution is -0.115. The number of carbonyl (C=O) groups excluding carboxylic acids is 2. The van der Waals surface area contributed by atoms with Crippen LogP contribution in [0.2, 0.25) is 0 Å². The average molecular weight is 519 g/mol. The smallest absolute Gasteiger partial charge is 0.253 e. The van der Waals surface area contributed by atoms with Crippen molar-refractivity contribution in [1.29, 1.82) is 0 Å². The van der Waals surface area contributed by atoms with Gasteiger partial charge in [-0.1, -0.05) is 6.58 Å². The van der Waals surface area contributed by atoms with Crippen molar-refractivity contribution in [2.24, 2.45) is 5.92 Å². The molecule has 2 aliphatic rings. The van der Waals surface area contributed by atoms with Crippen LogP contribution in [0.15, 0.2) is 48.4 Å². The van der Waals surface area contributed by atoms with E-state index in [1.54, 1.807) is 11.3 Å². The number of anilines is 3. The summed E-state index contributed by atoms with van der Waals surface area (Å²) in [6, 6.07) is 9.87. The monoisotopic (exact) mass is 518 g/mol. The van der Waals surface area contributed by atoms with Crippen molar-refractivity contribution in [3.8, 4) is 0 Å². The Hall–Kier alpha value is -3.30. The number of nitrogens with one attached hydrogen (secondary N) is 2. The molecule has 8 nitrogen and oxygen atoms in total. The van der Waals surface area contributed by atoms with Crippen LogP contribution in [-0.4, -0.2) is 70.7 Å². The maximum Gasteiger partial charge on any atom is 0.253 e. The molecule has 2 fully saturated rings. The number of allylic oxidation sites excluding steroid dienone is 1. The Morgan fingerprint density at radius 3 is 2.49 bits per heavy atom. The third-order valence-corrected chi connectivity index (χ3v) is 8.30. The highest BCUT2D eigenvalue weighted by atomic mass is 32.1. The van der Waals surface area contributed by atoms with E-state index in [1.807, 2.05) is 40.6 Å². The predicted octanol–water partition coefficient (Wildman–Crippen LogP) is 4.94. The SMILES string of the molecule is C=CC(=O)CC1CCC(Nc2nc(Nc3ccc(C(=O)N4CCN(C)CC4)cc3)nc3ccsc23)CC1. The van der Waals surface area contributed by atoms with E-state index in [0.717, 1.165) is 73.6 Å². The number of fused-ring (bicyclic) bond motifs is 1. The summed E-state index contributed by atoms with van der Waals surface area (Å²) in [6.07, 6.45) is 6.12. The lowest BCUT2D eigenvalue weighted by Crippen LogP contribution is -2.47. The van der Waals surface area contributed by atoms with E-state index in [1.165, 1.54) is 6.08 Å². The summed E-state index contributed by atoms with van der Waals surface area (Å²) in [6.45, 7) is 6.92. The topological polar surface area (TPSA) is 90.5 Å². The molecular formula is C28H34N6O2S. The maximum absolute atomic E-state index is 12.8. The Kier molecular flexibility index (Phi) is 7.81. The van der Waals surface area contributed by atoms with E-state index in [2.05, 4.69) is 29.2 Å². The van der Waals surface area contributed by atoms with Gasteiger partial charge < -0.3 is 20.4 Å². The highest BCUT2D eigenvalue weighted by Crippen LogP contribution is 2.33. The van der Waals surface area contributed by atoms with Gasteiger partial charge in [-0.15, -0.1) is 11.3 Å². The van der Waals surface area contributed by atoms with Crippen molar-refractivity contribution in [2.75, 3.05) is 43.9 Å². The molecule has 0 unspecified atom stereocenters.